The number of pyridine rings is 6. The lowest BCUT2D eigenvalue weighted by atomic mass is 10.1. The number of carbonyl (C=O) groups excluding carboxylic acids is 2. The van der Waals surface area contributed by atoms with Gasteiger partial charge in [0.15, 0.2) is 17.1 Å². The van der Waals surface area contributed by atoms with E-state index < -0.39 is 35.2 Å². The smallest absolute Gasteiger partial charge is 0.340 e. The molecule has 15 aromatic rings. The summed E-state index contributed by atoms with van der Waals surface area (Å²) < 4.78 is 47.1. The van der Waals surface area contributed by atoms with E-state index in [1.165, 1.54) is 69.4 Å². The van der Waals surface area contributed by atoms with E-state index in [-0.39, 0.29) is 103 Å². The molecule has 12 heterocycles. The number of rotatable bonds is 14. The second-order valence-corrected chi connectivity index (χ2v) is 25.0. The average molecular weight is 1550 g/mol. The SMILES string of the molecule is C.Cl.N#Cc1nn(Cc2cc(F)c3ncc(Cl)cc3c2)cc1C(=O)NCc1cnc2[nH]cc(Cl)c2c1.N#Cc1nn(Cc2cc(F)c3ncc(Cl)cc3c2)cc1C(=O)NCc1cnc2[nH]cc(Cl)c2c1.N#Cc1nn(Cc2cc(F)c3ncc(Cl)cc3c2)cc1C(=O)O.NCc1cnc2[nH]cc(Cl)c2c1. The minimum absolute atomic E-state index is 0. The molecule has 0 atom stereocenters. The molecular weight excluding hydrogens is 1500 g/mol. The fraction of sp³-hybridized carbons (Fsp3) is 0.100. The second kappa shape index (κ2) is 33.1. The highest BCUT2D eigenvalue weighted by Gasteiger charge is 2.21. The van der Waals surface area contributed by atoms with Gasteiger partial charge >= 0.3 is 5.97 Å². The van der Waals surface area contributed by atoms with E-state index in [0.29, 0.717) is 80.8 Å². The topological polar surface area (TPSA) is 371 Å². The molecule has 0 bridgehead atoms. The first-order chi connectivity index (χ1) is 49.6. The molecule has 0 aliphatic heterocycles. The summed E-state index contributed by atoms with van der Waals surface area (Å²) in [5, 5.41) is 61.5. The lowest BCUT2D eigenvalue weighted by molar-refractivity contribution is 0.0695. The minimum atomic E-state index is -1.24. The first-order valence-corrected chi connectivity index (χ1v) is 32.4. The zero-order chi connectivity index (χ0) is 72.8. The van der Waals surface area contributed by atoms with Crippen LogP contribution in [0.5, 0.6) is 0 Å². The third-order valence-electron chi connectivity index (χ3n) is 15.4. The molecule has 0 fully saturated rings. The number of nitriles is 3. The Morgan fingerprint density at radius 2 is 0.771 bits per heavy atom. The van der Waals surface area contributed by atoms with Crippen molar-refractivity contribution in [2.45, 2.75) is 46.7 Å². The maximum absolute atomic E-state index is 14.5. The molecule has 105 heavy (non-hydrogen) atoms. The van der Waals surface area contributed by atoms with Crippen molar-refractivity contribution >= 4 is 166 Å². The Labute approximate surface area is 627 Å². The van der Waals surface area contributed by atoms with E-state index in [1.54, 1.807) is 79.6 Å². The highest BCUT2D eigenvalue weighted by Crippen LogP contribution is 2.29. The van der Waals surface area contributed by atoms with E-state index in [2.05, 4.69) is 70.8 Å². The van der Waals surface area contributed by atoms with Crippen molar-refractivity contribution in [1.29, 1.82) is 15.8 Å². The van der Waals surface area contributed by atoms with Gasteiger partial charge in [-0.25, -0.2) is 32.9 Å². The zero-order valence-electron chi connectivity index (χ0n) is 52.9. The summed E-state index contributed by atoms with van der Waals surface area (Å²) in [6.07, 6.45) is 18.3. The van der Waals surface area contributed by atoms with Gasteiger partial charge in [-0.05, 0) is 106 Å². The van der Waals surface area contributed by atoms with Crippen LogP contribution in [0.15, 0.2) is 147 Å². The molecule has 0 unspecified atom stereocenters. The fourth-order valence-corrected chi connectivity index (χ4v) is 11.8. The van der Waals surface area contributed by atoms with Crippen LogP contribution < -0.4 is 16.4 Å². The van der Waals surface area contributed by atoms with Crippen LogP contribution in [0.1, 0.15) is 89.0 Å². The number of carbonyl (C=O) groups is 3. The first kappa shape index (κ1) is 75.9. The molecule has 35 heteroatoms. The lowest BCUT2D eigenvalue weighted by Crippen LogP contribution is -2.23. The number of nitrogens with one attached hydrogen (secondary N) is 5. The average Bonchev–Trinajstić information content (AvgIpc) is 1.81. The molecule has 15 rings (SSSR count). The summed E-state index contributed by atoms with van der Waals surface area (Å²) in [6, 6.07) is 25.1. The number of amides is 2. The number of nitrogens with zero attached hydrogens (tertiary/aromatic N) is 15. The van der Waals surface area contributed by atoms with E-state index in [9.17, 15) is 38.1 Å². The Morgan fingerprint density at radius 3 is 1.09 bits per heavy atom. The zero-order valence-corrected chi connectivity index (χ0v) is 58.2. The Balaban J connectivity index is 0.000000157. The highest BCUT2D eigenvalue weighted by molar-refractivity contribution is 6.36. The third-order valence-corrected chi connectivity index (χ3v) is 17.0. The number of carboxylic acids is 1. The van der Waals surface area contributed by atoms with Crippen LogP contribution in [0.2, 0.25) is 30.1 Å². The number of aromatic nitrogens is 15. The van der Waals surface area contributed by atoms with Gasteiger partial charge in [0.2, 0.25) is 0 Å². The number of hydrogen-bond donors (Lipinski definition) is 7. The van der Waals surface area contributed by atoms with Crippen molar-refractivity contribution in [2.75, 3.05) is 0 Å². The van der Waals surface area contributed by atoms with Crippen molar-refractivity contribution in [3.63, 3.8) is 0 Å². The molecule has 0 saturated heterocycles. The number of carboxylic acid groups (broad SMARTS) is 1. The maximum Gasteiger partial charge on any atom is 0.340 e. The molecule has 25 nitrogen and oxygen atoms in total. The van der Waals surface area contributed by atoms with Crippen LogP contribution in [0.25, 0.3) is 65.8 Å². The predicted molar refractivity (Wildman–Crippen MR) is 393 cm³/mol. The monoisotopic (exact) mass is 1550 g/mol. The molecule has 0 spiro atoms. The van der Waals surface area contributed by atoms with Crippen molar-refractivity contribution in [2.24, 2.45) is 5.73 Å². The highest BCUT2D eigenvalue weighted by atomic mass is 35.5. The van der Waals surface area contributed by atoms with Crippen molar-refractivity contribution < 1.29 is 32.7 Å². The van der Waals surface area contributed by atoms with Gasteiger partial charge in [0.1, 0.15) is 74.7 Å². The van der Waals surface area contributed by atoms with Crippen LogP contribution in [0, 0.1) is 51.4 Å². The Kier molecular flexibility index (Phi) is 24.0. The van der Waals surface area contributed by atoms with Gasteiger partial charge in [0.25, 0.3) is 11.8 Å². The Hall–Kier alpha value is -11.8. The van der Waals surface area contributed by atoms with Gasteiger partial charge in [-0.3, -0.25) is 38.6 Å². The standard InChI is InChI=1S/2C23H14Cl2FN7O.C15H8ClFN4O2.C8H8ClN3.CH4.ClH/c2*24-15-4-14-1-12(3-19(26)21(14)28-8-15)10-33-11-17(20(5-27)32-33)23(34)31-7-13-2-16-18(25)9-30-22(16)29-6-13;16-10-3-9-1-8(2-12(17)14(9)19-5-10)6-21-7-11(15(22)23)13(4-18)20-21;9-7-4-12-8-6(7)1-5(2-10)3-11-8;;/h2*1-4,6,8-9,11H,7,10H2,(H,29,30)(H,31,34);1-3,5,7H,6H2,(H,22,23);1,3-4H,2,10H2,(H,11,12);1H4;1H. The first-order valence-electron chi connectivity index (χ1n) is 30.1. The van der Waals surface area contributed by atoms with E-state index >= 15 is 0 Å². The van der Waals surface area contributed by atoms with E-state index in [1.807, 2.05) is 30.3 Å². The number of halogens is 10. The van der Waals surface area contributed by atoms with Crippen molar-refractivity contribution in [1.82, 2.24) is 84.8 Å². The van der Waals surface area contributed by atoms with Gasteiger partial charge in [-0.15, -0.1) is 12.4 Å². The molecule has 2 amide bonds. The molecule has 3 aromatic carbocycles. The number of aromatic carboxylic acids is 1. The number of hydrogen-bond acceptors (Lipinski definition) is 16. The molecular formula is C70H49Cl7F3N21O4. The second-order valence-electron chi connectivity index (χ2n) is 22.5. The van der Waals surface area contributed by atoms with Crippen LogP contribution in [0.3, 0.4) is 0 Å². The van der Waals surface area contributed by atoms with Gasteiger partial charge in [-0.1, -0.05) is 77.0 Å². The normalized spacial score (nSPS) is 10.8. The molecule has 0 aliphatic carbocycles. The lowest BCUT2D eigenvalue weighted by Gasteiger charge is -2.06. The van der Waals surface area contributed by atoms with Gasteiger partial charge in [0.05, 0.1) is 60.9 Å². The van der Waals surface area contributed by atoms with Crippen LogP contribution in [-0.4, -0.2) is 97.1 Å². The van der Waals surface area contributed by atoms with Crippen molar-refractivity contribution in [3.05, 3.63) is 262 Å². The van der Waals surface area contributed by atoms with Crippen LogP contribution >= 0.6 is 82.0 Å². The quantitative estimate of drug-likeness (QED) is 0.0532. The summed E-state index contributed by atoms with van der Waals surface area (Å²) in [5.74, 6) is -3.69. The maximum atomic E-state index is 14.5. The number of benzene rings is 3. The van der Waals surface area contributed by atoms with Gasteiger partial charge in [0, 0.05) is 126 Å². The molecule has 0 radical (unpaired) electrons. The van der Waals surface area contributed by atoms with Gasteiger partial charge < -0.3 is 36.4 Å². The van der Waals surface area contributed by atoms with E-state index in [4.69, 9.17) is 85.7 Å². The molecule has 528 valence electrons. The summed E-state index contributed by atoms with van der Waals surface area (Å²) in [6.45, 7) is 1.26. The summed E-state index contributed by atoms with van der Waals surface area (Å²) in [7, 11) is 0. The fourth-order valence-electron chi connectivity index (χ4n) is 10.7. The number of nitrogens with two attached hydrogens (primary N) is 1. The predicted octanol–water partition coefficient (Wildman–Crippen LogP) is 14.8. The summed E-state index contributed by atoms with van der Waals surface area (Å²) in [4.78, 5) is 70.0. The van der Waals surface area contributed by atoms with Crippen LogP contribution in [-0.2, 0) is 39.3 Å². The summed E-state index contributed by atoms with van der Waals surface area (Å²) >= 11 is 35.9. The van der Waals surface area contributed by atoms with Crippen molar-refractivity contribution in [3.8, 4) is 18.2 Å². The number of aromatic amines is 3. The largest absolute Gasteiger partial charge is 0.478 e. The molecule has 0 aliphatic rings. The Bertz CT molecular complexity index is 5750. The minimum Gasteiger partial charge on any atom is -0.478 e. The van der Waals surface area contributed by atoms with E-state index in [0.717, 1.165) is 38.5 Å². The molecule has 12 aromatic heterocycles. The number of H-pyrrole nitrogens is 3. The third kappa shape index (κ3) is 17.5. The molecule has 8 N–H and O–H groups in total. The van der Waals surface area contributed by atoms with Crippen LogP contribution in [0.4, 0.5) is 13.2 Å². The van der Waals surface area contributed by atoms with Gasteiger partial charge in [-0.2, -0.15) is 31.1 Å². The summed E-state index contributed by atoms with van der Waals surface area (Å²) in [5.41, 5.74) is 12.1. The Morgan fingerprint density at radius 1 is 0.457 bits per heavy atom. The molecule has 0 saturated carbocycles. The number of fused-ring (bicyclic) bond motifs is 6.